The van der Waals surface area contributed by atoms with Gasteiger partial charge in [0, 0.05) is 10.4 Å². The second-order valence-electron chi connectivity index (χ2n) is 6.18. The number of nitrogens with zero attached hydrogens (tertiary/aromatic N) is 2. The fourth-order valence-corrected chi connectivity index (χ4v) is 3.21. The van der Waals surface area contributed by atoms with Gasteiger partial charge in [0.25, 0.3) is 5.91 Å². The van der Waals surface area contributed by atoms with Crippen LogP contribution in [0.25, 0.3) is 11.3 Å². The zero-order valence-electron chi connectivity index (χ0n) is 15.4. The first-order valence-corrected chi connectivity index (χ1v) is 9.85. The average Bonchev–Trinajstić information content (AvgIpc) is 3.46. The van der Waals surface area contributed by atoms with Gasteiger partial charge in [-0.05, 0) is 47.3 Å². The van der Waals surface area contributed by atoms with Crippen LogP contribution >= 0.6 is 11.3 Å². The fraction of sp³-hybridized carbons (Fsp3) is 0.0455. The van der Waals surface area contributed by atoms with Crippen molar-refractivity contribution < 1.29 is 9.53 Å². The van der Waals surface area contributed by atoms with E-state index >= 15 is 0 Å². The van der Waals surface area contributed by atoms with E-state index in [1.54, 1.807) is 23.6 Å². The number of benzene rings is 2. The molecule has 2 N–H and O–H groups in total. The molecule has 4 rings (SSSR count). The first-order chi connectivity index (χ1) is 14.3. The minimum atomic E-state index is -0.348. The van der Waals surface area contributed by atoms with Crippen molar-refractivity contribution in [3.63, 3.8) is 0 Å². The number of hydrogen-bond donors (Lipinski definition) is 2. The topological polar surface area (TPSA) is 79.4 Å². The van der Waals surface area contributed by atoms with Crippen molar-refractivity contribution in [2.24, 2.45) is 5.10 Å². The number of H-pyrrole nitrogens is 1. The first-order valence-electron chi connectivity index (χ1n) is 8.97. The number of amides is 1. The molecule has 144 valence electrons. The standard InChI is InChI=1S/C22H18N4O2S/c27-22(26-23-14-19-7-4-12-29-19)21-13-20(24-25-21)17-8-10-18(11-9-17)28-15-16-5-2-1-3-6-16/h1-14H,15H2,(H,24,25)(H,26,27)/b23-14-. The van der Waals surface area contributed by atoms with Gasteiger partial charge in [0.1, 0.15) is 18.1 Å². The maximum Gasteiger partial charge on any atom is 0.289 e. The number of carbonyl (C=O) groups is 1. The van der Waals surface area contributed by atoms with E-state index in [4.69, 9.17) is 4.74 Å². The molecule has 0 aliphatic carbocycles. The molecule has 0 saturated carbocycles. The highest BCUT2D eigenvalue weighted by atomic mass is 32.1. The van der Waals surface area contributed by atoms with Gasteiger partial charge in [-0.1, -0.05) is 36.4 Å². The zero-order valence-corrected chi connectivity index (χ0v) is 16.2. The second-order valence-corrected chi connectivity index (χ2v) is 7.16. The summed E-state index contributed by atoms with van der Waals surface area (Å²) in [5.74, 6) is 0.424. The molecule has 0 atom stereocenters. The third-order valence-electron chi connectivity index (χ3n) is 4.12. The molecule has 0 spiro atoms. The molecule has 0 unspecified atom stereocenters. The highest BCUT2D eigenvalue weighted by molar-refractivity contribution is 7.11. The predicted molar refractivity (Wildman–Crippen MR) is 114 cm³/mol. The van der Waals surface area contributed by atoms with Crippen LogP contribution in [0.15, 0.2) is 83.3 Å². The van der Waals surface area contributed by atoms with Gasteiger partial charge >= 0.3 is 0 Å². The van der Waals surface area contributed by atoms with E-state index in [2.05, 4.69) is 20.7 Å². The van der Waals surface area contributed by atoms with E-state index in [0.29, 0.717) is 18.0 Å². The van der Waals surface area contributed by atoms with Crippen LogP contribution in [0, 0.1) is 0 Å². The van der Waals surface area contributed by atoms with E-state index < -0.39 is 0 Å². The minimum absolute atomic E-state index is 0.340. The Morgan fingerprint density at radius 3 is 2.69 bits per heavy atom. The smallest absolute Gasteiger partial charge is 0.289 e. The van der Waals surface area contributed by atoms with Gasteiger partial charge in [0.05, 0.1) is 11.9 Å². The summed E-state index contributed by atoms with van der Waals surface area (Å²) in [6.45, 7) is 0.513. The zero-order chi connectivity index (χ0) is 19.9. The Morgan fingerprint density at radius 2 is 1.93 bits per heavy atom. The molecule has 2 heterocycles. The summed E-state index contributed by atoms with van der Waals surface area (Å²) < 4.78 is 5.79. The van der Waals surface area contributed by atoms with E-state index in [-0.39, 0.29) is 5.91 Å². The first kappa shape index (κ1) is 18.6. The van der Waals surface area contributed by atoms with E-state index in [1.165, 1.54) is 0 Å². The van der Waals surface area contributed by atoms with Gasteiger partial charge in [-0.3, -0.25) is 9.89 Å². The van der Waals surface area contributed by atoms with E-state index in [1.807, 2.05) is 72.1 Å². The average molecular weight is 402 g/mol. The van der Waals surface area contributed by atoms with Crippen LogP contribution in [-0.4, -0.2) is 22.3 Å². The minimum Gasteiger partial charge on any atom is -0.489 e. The van der Waals surface area contributed by atoms with Crippen LogP contribution in [0.3, 0.4) is 0 Å². The van der Waals surface area contributed by atoms with Gasteiger partial charge in [-0.25, -0.2) is 5.43 Å². The van der Waals surface area contributed by atoms with Gasteiger partial charge in [-0.2, -0.15) is 10.2 Å². The maximum atomic E-state index is 12.2. The highest BCUT2D eigenvalue weighted by Crippen LogP contribution is 2.22. The number of ether oxygens (including phenoxy) is 1. The number of aromatic nitrogens is 2. The molecule has 2 aromatic heterocycles. The number of aromatic amines is 1. The molecule has 0 saturated heterocycles. The van der Waals surface area contributed by atoms with Gasteiger partial charge in [0.2, 0.25) is 0 Å². The molecular formula is C22H18N4O2S. The van der Waals surface area contributed by atoms with Crippen molar-refractivity contribution in [1.82, 2.24) is 15.6 Å². The van der Waals surface area contributed by atoms with Crippen LogP contribution in [-0.2, 0) is 6.61 Å². The van der Waals surface area contributed by atoms with Crippen LogP contribution in [0.5, 0.6) is 5.75 Å². The summed E-state index contributed by atoms with van der Waals surface area (Å²) in [5, 5.41) is 12.9. The number of carbonyl (C=O) groups excluding carboxylic acids is 1. The van der Waals surface area contributed by atoms with E-state index in [0.717, 1.165) is 21.8 Å². The lowest BCUT2D eigenvalue weighted by Gasteiger charge is -2.06. The third-order valence-corrected chi connectivity index (χ3v) is 4.93. The molecule has 6 nitrogen and oxygen atoms in total. The SMILES string of the molecule is O=C(N/N=C\c1cccs1)c1cc(-c2ccc(OCc3ccccc3)cc2)n[nH]1. The quantitative estimate of drug-likeness (QED) is 0.353. The molecule has 0 aliphatic heterocycles. The van der Waals surface area contributed by atoms with Crippen LogP contribution in [0.2, 0.25) is 0 Å². The summed E-state index contributed by atoms with van der Waals surface area (Å²) >= 11 is 1.54. The highest BCUT2D eigenvalue weighted by Gasteiger charge is 2.10. The second kappa shape index (κ2) is 8.99. The molecule has 0 aliphatic rings. The predicted octanol–water partition coefficient (Wildman–Crippen LogP) is 4.48. The Hall–Kier alpha value is -3.71. The molecule has 1 amide bonds. The Balaban J connectivity index is 1.35. The lowest BCUT2D eigenvalue weighted by molar-refractivity contribution is 0.0950. The van der Waals surface area contributed by atoms with Crippen molar-refractivity contribution in [1.29, 1.82) is 0 Å². The maximum absolute atomic E-state index is 12.2. The normalized spacial score (nSPS) is 10.9. The molecule has 2 aromatic carbocycles. The van der Waals surface area contributed by atoms with Crippen molar-refractivity contribution in [3.8, 4) is 17.0 Å². The Bertz CT molecular complexity index is 1090. The Morgan fingerprint density at radius 1 is 1.10 bits per heavy atom. The molecule has 29 heavy (non-hydrogen) atoms. The van der Waals surface area contributed by atoms with Gasteiger partial charge in [-0.15, -0.1) is 11.3 Å². The lowest BCUT2D eigenvalue weighted by Crippen LogP contribution is -2.17. The van der Waals surface area contributed by atoms with Crippen molar-refractivity contribution in [3.05, 3.63) is 94.3 Å². The number of hydrogen-bond acceptors (Lipinski definition) is 5. The number of nitrogens with one attached hydrogen (secondary N) is 2. The van der Waals surface area contributed by atoms with Crippen molar-refractivity contribution in [2.75, 3.05) is 0 Å². The number of rotatable bonds is 7. The number of hydrazone groups is 1. The molecule has 0 fully saturated rings. The summed E-state index contributed by atoms with van der Waals surface area (Å²) in [6.07, 6.45) is 1.61. The molecule has 7 heteroatoms. The molecule has 4 aromatic rings. The molecular weight excluding hydrogens is 384 g/mol. The summed E-state index contributed by atoms with van der Waals surface area (Å²) in [7, 11) is 0. The Kier molecular flexibility index (Phi) is 5.78. The summed E-state index contributed by atoms with van der Waals surface area (Å²) in [4.78, 5) is 13.1. The molecule has 0 bridgehead atoms. The summed E-state index contributed by atoms with van der Waals surface area (Å²) in [5.41, 5.74) is 5.50. The van der Waals surface area contributed by atoms with Crippen molar-refractivity contribution >= 4 is 23.5 Å². The largest absolute Gasteiger partial charge is 0.489 e. The lowest BCUT2D eigenvalue weighted by atomic mass is 10.1. The summed E-state index contributed by atoms with van der Waals surface area (Å²) in [6, 6.07) is 23.1. The van der Waals surface area contributed by atoms with Crippen LogP contribution < -0.4 is 10.2 Å². The monoisotopic (exact) mass is 402 g/mol. The van der Waals surface area contributed by atoms with Gasteiger partial charge < -0.3 is 4.74 Å². The van der Waals surface area contributed by atoms with Crippen molar-refractivity contribution in [2.45, 2.75) is 6.61 Å². The number of thiophene rings is 1. The van der Waals surface area contributed by atoms with Crippen LogP contribution in [0.1, 0.15) is 20.9 Å². The Labute approximate surface area is 171 Å². The van der Waals surface area contributed by atoms with Gasteiger partial charge in [0.15, 0.2) is 0 Å². The third kappa shape index (κ3) is 4.97. The van der Waals surface area contributed by atoms with E-state index in [9.17, 15) is 4.79 Å². The fourth-order valence-electron chi connectivity index (χ4n) is 2.63. The molecule has 0 radical (unpaired) electrons. The van der Waals surface area contributed by atoms with Crippen LogP contribution in [0.4, 0.5) is 0 Å².